The van der Waals surface area contributed by atoms with Crippen molar-refractivity contribution in [1.82, 2.24) is 15.1 Å². The molecule has 0 spiro atoms. The SMILES string of the molecule is O=c1[nH]nc2c3c(cccc13)NC(CN1Cc3ccccc3C1)N2. The smallest absolute Gasteiger partial charge is 0.272 e. The monoisotopic (exact) mass is 319 g/mol. The first-order chi connectivity index (χ1) is 11.8. The summed E-state index contributed by atoms with van der Waals surface area (Å²) < 4.78 is 0. The van der Waals surface area contributed by atoms with Crippen molar-refractivity contribution in [2.75, 3.05) is 17.2 Å². The molecule has 3 N–H and O–H groups in total. The van der Waals surface area contributed by atoms with E-state index in [1.807, 2.05) is 18.2 Å². The molecule has 2 aliphatic heterocycles. The average molecular weight is 319 g/mol. The number of nitrogens with one attached hydrogen (secondary N) is 3. The minimum absolute atomic E-state index is 0.0517. The first-order valence-corrected chi connectivity index (χ1v) is 8.11. The van der Waals surface area contributed by atoms with Crippen molar-refractivity contribution < 1.29 is 0 Å². The van der Waals surface area contributed by atoms with Gasteiger partial charge in [-0.2, -0.15) is 5.10 Å². The quantitative estimate of drug-likeness (QED) is 0.675. The van der Waals surface area contributed by atoms with Gasteiger partial charge in [0.2, 0.25) is 0 Å². The number of aromatic nitrogens is 2. The Bertz CT molecular complexity index is 959. The second-order valence-corrected chi connectivity index (χ2v) is 6.41. The normalized spacial score (nSPS) is 18.9. The number of aromatic amines is 1. The largest absolute Gasteiger partial charge is 0.364 e. The van der Waals surface area contributed by atoms with Gasteiger partial charge in [-0.1, -0.05) is 30.3 Å². The van der Waals surface area contributed by atoms with Crippen molar-refractivity contribution in [2.45, 2.75) is 19.3 Å². The summed E-state index contributed by atoms with van der Waals surface area (Å²) >= 11 is 0. The van der Waals surface area contributed by atoms with Gasteiger partial charge in [0.15, 0.2) is 5.82 Å². The van der Waals surface area contributed by atoms with Crippen LogP contribution in [-0.4, -0.2) is 27.8 Å². The zero-order chi connectivity index (χ0) is 16.1. The molecular formula is C18H17N5O. The molecule has 6 nitrogen and oxygen atoms in total. The van der Waals surface area contributed by atoms with Crippen LogP contribution in [0.25, 0.3) is 10.8 Å². The van der Waals surface area contributed by atoms with Crippen LogP contribution in [0.4, 0.5) is 11.5 Å². The molecule has 0 radical (unpaired) electrons. The summed E-state index contributed by atoms with van der Waals surface area (Å²) in [7, 11) is 0. The Morgan fingerprint density at radius 2 is 1.83 bits per heavy atom. The number of fused-ring (bicyclic) bond motifs is 1. The van der Waals surface area contributed by atoms with Gasteiger partial charge < -0.3 is 10.6 Å². The van der Waals surface area contributed by atoms with E-state index < -0.39 is 0 Å². The highest BCUT2D eigenvalue weighted by molar-refractivity contribution is 6.02. The van der Waals surface area contributed by atoms with Gasteiger partial charge in [0.25, 0.3) is 5.56 Å². The van der Waals surface area contributed by atoms with Crippen LogP contribution in [0.1, 0.15) is 11.1 Å². The van der Waals surface area contributed by atoms with Gasteiger partial charge in [-0.25, -0.2) is 5.10 Å². The van der Waals surface area contributed by atoms with Crippen molar-refractivity contribution in [3.05, 3.63) is 63.9 Å². The van der Waals surface area contributed by atoms with Crippen molar-refractivity contribution >= 4 is 22.3 Å². The fraction of sp³-hybridized carbons (Fsp3) is 0.222. The van der Waals surface area contributed by atoms with Gasteiger partial charge in [-0.15, -0.1) is 0 Å². The molecule has 3 aromatic rings. The van der Waals surface area contributed by atoms with Crippen LogP contribution in [0.3, 0.4) is 0 Å². The summed E-state index contributed by atoms with van der Waals surface area (Å²) in [4.78, 5) is 14.3. The second kappa shape index (κ2) is 5.07. The Morgan fingerprint density at radius 1 is 1.04 bits per heavy atom. The Balaban J connectivity index is 1.41. The Labute approximate surface area is 138 Å². The Hall–Kier alpha value is -2.86. The minimum atomic E-state index is -0.160. The molecule has 6 heteroatoms. The zero-order valence-electron chi connectivity index (χ0n) is 13.0. The molecule has 24 heavy (non-hydrogen) atoms. The van der Waals surface area contributed by atoms with E-state index in [-0.39, 0.29) is 11.7 Å². The van der Waals surface area contributed by atoms with E-state index in [1.165, 1.54) is 11.1 Å². The van der Waals surface area contributed by atoms with Crippen LogP contribution in [0, 0.1) is 0 Å². The van der Waals surface area contributed by atoms with Gasteiger partial charge in [0.05, 0.1) is 10.8 Å². The van der Waals surface area contributed by atoms with Crippen LogP contribution in [0.15, 0.2) is 47.3 Å². The second-order valence-electron chi connectivity index (χ2n) is 6.41. The van der Waals surface area contributed by atoms with Crippen LogP contribution in [-0.2, 0) is 13.1 Å². The van der Waals surface area contributed by atoms with Crippen LogP contribution < -0.4 is 16.2 Å². The topological polar surface area (TPSA) is 73.0 Å². The van der Waals surface area contributed by atoms with E-state index >= 15 is 0 Å². The number of hydrogen-bond acceptors (Lipinski definition) is 5. The molecule has 2 aromatic carbocycles. The van der Waals surface area contributed by atoms with Gasteiger partial charge in [-0.3, -0.25) is 9.69 Å². The number of hydrogen-bond donors (Lipinski definition) is 3. The molecule has 3 heterocycles. The minimum Gasteiger partial charge on any atom is -0.364 e. The summed E-state index contributed by atoms with van der Waals surface area (Å²) in [6, 6.07) is 14.3. The predicted molar refractivity (Wildman–Crippen MR) is 94.0 cm³/mol. The molecule has 5 rings (SSSR count). The summed E-state index contributed by atoms with van der Waals surface area (Å²) in [5.41, 5.74) is 3.60. The fourth-order valence-corrected chi connectivity index (χ4v) is 3.72. The van der Waals surface area contributed by atoms with Gasteiger partial charge in [-0.05, 0) is 23.3 Å². The third-order valence-corrected chi connectivity index (χ3v) is 4.80. The first-order valence-electron chi connectivity index (χ1n) is 8.11. The first kappa shape index (κ1) is 13.6. The fourth-order valence-electron chi connectivity index (χ4n) is 3.72. The van der Waals surface area contributed by atoms with Crippen LogP contribution >= 0.6 is 0 Å². The molecule has 0 fully saturated rings. The van der Waals surface area contributed by atoms with Crippen molar-refractivity contribution in [2.24, 2.45) is 0 Å². The average Bonchev–Trinajstić information content (AvgIpc) is 3.00. The van der Waals surface area contributed by atoms with Crippen LogP contribution in [0.2, 0.25) is 0 Å². The van der Waals surface area contributed by atoms with E-state index in [0.717, 1.165) is 36.5 Å². The number of benzene rings is 2. The third-order valence-electron chi connectivity index (χ3n) is 4.80. The lowest BCUT2D eigenvalue weighted by Gasteiger charge is -2.31. The lowest BCUT2D eigenvalue weighted by atomic mass is 10.1. The number of nitrogens with zero attached hydrogens (tertiary/aromatic N) is 2. The van der Waals surface area contributed by atoms with E-state index in [0.29, 0.717) is 5.39 Å². The third kappa shape index (κ3) is 2.07. The molecule has 2 aliphatic rings. The maximum Gasteiger partial charge on any atom is 0.272 e. The molecule has 0 amide bonds. The molecule has 0 saturated carbocycles. The molecule has 1 unspecified atom stereocenters. The maximum absolute atomic E-state index is 11.9. The molecule has 0 aliphatic carbocycles. The van der Waals surface area contributed by atoms with Crippen molar-refractivity contribution in [3.63, 3.8) is 0 Å². The predicted octanol–water partition coefficient (Wildman–Crippen LogP) is 2.10. The summed E-state index contributed by atoms with van der Waals surface area (Å²) in [5.74, 6) is 0.737. The number of H-pyrrole nitrogens is 1. The lowest BCUT2D eigenvalue weighted by Crippen LogP contribution is -2.42. The van der Waals surface area contributed by atoms with Crippen LogP contribution in [0.5, 0.6) is 0 Å². The van der Waals surface area contributed by atoms with Crippen molar-refractivity contribution in [3.8, 4) is 0 Å². The highest BCUT2D eigenvalue weighted by Crippen LogP contribution is 2.32. The van der Waals surface area contributed by atoms with E-state index in [1.54, 1.807) is 0 Å². The highest BCUT2D eigenvalue weighted by atomic mass is 16.1. The molecule has 0 saturated heterocycles. The van der Waals surface area contributed by atoms with Gasteiger partial charge in [0.1, 0.15) is 6.17 Å². The Kier molecular flexibility index (Phi) is 2.87. The number of anilines is 2. The van der Waals surface area contributed by atoms with Crippen molar-refractivity contribution in [1.29, 1.82) is 0 Å². The van der Waals surface area contributed by atoms with Gasteiger partial charge in [0, 0.05) is 25.3 Å². The molecule has 1 atom stereocenters. The maximum atomic E-state index is 11.9. The summed E-state index contributed by atoms with van der Waals surface area (Å²) in [6.45, 7) is 2.78. The number of rotatable bonds is 2. The van der Waals surface area contributed by atoms with E-state index in [2.05, 4.69) is 50.0 Å². The lowest BCUT2D eigenvalue weighted by molar-refractivity contribution is 0.277. The molecule has 0 bridgehead atoms. The molecule has 120 valence electrons. The standard InChI is InChI=1S/C18H17N5O/c24-18-13-6-3-7-14-16(13)17(21-22-18)20-15(19-14)10-23-8-11-4-1-2-5-12(11)9-23/h1-7,15,19H,8-10H2,(H,20,21)(H,22,24). The van der Waals surface area contributed by atoms with Gasteiger partial charge >= 0.3 is 0 Å². The molecular weight excluding hydrogens is 302 g/mol. The Morgan fingerprint density at radius 3 is 2.62 bits per heavy atom. The van der Waals surface area contributed by atoms with E-state index in [9.17, 15) is 4.79 Å². The molecule has 1 aromatic heterocycles. The van der Waals surface area contributed by atoms with E-state index in [4.69, 9.17) is 0 Å². The summed E-state index contributed by atoms with van der Waals surface area (Å²) in [6.07, 6.45) is 0.0517. The zero-order valence-corrected chi connectivity index (χ0v) is 13.0. The summed E-state index contributed by atoms with van der Waals surface area (Å²) in [5, 5.41) is 15.2. The highest BCUT2D eigenvalue weighted by Gasteiger charge is 2.25.